The number of Topliss-reactive ketones (excluding diaryl/α,β-unsaturated/α-hetero) is 1. The van der Waals surface area contributed by atoms with Gasteiger partial charge in [0.1, 0.15) is 37.1 Å². The number of amides is 1. The van der Waals surface area contributed by atoms with Crippen molar-refractivity contribution in [2.24, 2.45) is 0 Å². The van der Waals surface area contributed by atoms with Crippen molar-refractivity contribution in [1.82, 2.24) is 0 Å². The zero-order valence-electron chi connectivity index (χ0n) is 23.2. The highest BCUT2D eigenvalue weighted by atomic mass is 16.6. The summed E-state index contributed by atoms with van der Waals surface area (Å²) in [5.41, 5.74) is 3.27. The number of carbonyl (C=O) groups excluding carboxylic acids is 2. The molecular formula is C34H29NO7. The quantitative estimate of drug-likeness (QED) is 0.168. The monoisotopic (exact) mass is 563 g/mol. The summed E-state index contributed by atoms with van der Waals surface area (Å²) >= 11 is 0. The number of ether oxygens (including phenoxy) is 4. The maximum atomic E-state index is 13.6. The van der Waals surface area contributed by atoms with Crippen LogP contribution >= 0.6 is 0 Å². The molecule has 1 unspecified atom stereocenters. The molecule has 1 saturated heterocycles. The lowest BCUT2D eigenvalue weighted by Gasteiger charge is -2.27. The van der Waals surface area contributed by atoms with E-state index in [0.29, 0.717) is 59.6 Å². The van der Waals surface area contributed by atoms with Crippen LogP contribution in [-0.2, 0) is 16.2 Å². The van der Waals surface area contributed by atoms with E-state index in [9.17, 15) is 14.7 Å². The van der Waals surface area contributed by atoms with Gasteiger partial charge in [0.25, 0.3) is 11.7 Å². The van der Waals surface area contributed by atoms with Gasteiger partial charge in [0.15, 0.2) is 11.5 Å². The Morgan fingerprint density at radius 2 is 1.64 bits per heavy atom. The van der Waals surface area contributed by atoms with E-state index >= 15 is 0 Å². The number of methoxy groups -OCH3 is 1. The Kier molecular flexibility index (Phi) is 7.27. The first kappa shape index (κ1) is 27.0. The van der Waals surface area contributed by atoms with Gasteiger partial charge in [-0.05, 0) is 66.1 Å². The van der Waals surface area contributed by atoms with Crippen molar-refractivity contribution in [1.29, 1.82) is 0 Å². The smallest absolute Gasteiger partial charge is 0.300 e. The number of benzene rings is 4. The Labute approximate surface area is 243 Å². The number of hydrogen-bond acceptors (Lipinski definition) is 7. The summed E-state index contributed by atoms with van der Waals surface area (Å²) in [4.78, 5) is 28.6. The third-order valence-corrected chi connectivity index (χ3v) is 7.37. The van der Waals surface area contributed by atoms with Crippen molar-refractivity contribution in [3.05, 3.63) is 119 Å². The summed E-state index contributed by atoms with van der Waals surface area (Å²) in [6.45, 7) is 3.07. The molecule has 0 saturated carbocycles. The number of hydrogen-bond donors (Lipinski definition) is 1. The molecule has 2 heterocycles. The maximum absolute atomic E-state index is 13.6. The van der Waals surface area contributed by atoms with Crippen LogP contribution in [0.25, 0.3) is 5.76 Å². The Balaban J connectivity index is 1.40. The van der Waals surface area contributed by atoms with Crippen LogP contribution in [-0.4, -0.2) is 37.1 Å². The first-order chi connectivity index (χ1) is 20.4. The second-order valence-corrected chi connectivity index (χ2v) is 10.0. The second kappa shape index (κ2) is 11.3. The molecule has 0 radical (unpaired) electrons. The zero-order valence-corrected chi connectivity index (χ0v) is 23.2. The Bertz CT molecular complexity index is 1680. The molecule has 1 atom stereocenters. The third-order valence-electron chi connectivity index (χ3n) is 7.37. The number of aryl methyl sites for hydroxylation is 1. The van der Waals surface area contributed by atoms with Crippen LogP contribution < -0.4 is 23.8 Å². The van der Waals surface area contributed by atoms with Crippen LogP contribution in [0.3, 0.4) is 0 Å². The predicted molar refractivity (Wildman–Crippen MR) is 157 cm³/mol. The van der Waals surface area contributed by atoms with Crippen molar-refractivity contribution >= 4 is 23.1 Å². The molecule has 1 amide bonds. The molecule has 8 heteroatoms. The number of aliphatic hydroxyl groups is 1. The van der Waals surface area contributed by atoms with Crippen molar-refractivity contribution in [3.8, 4) is 23.0 Å². The lowest BCUT2D eigenvalue weighted by Crippen LogP contribution is -2.29. The third kappa shape index (κ3) is 5.03. The average Bonchev–Trinajstić information content (AvgIpc) is 3.30. The van der Waals surface area contributed by atoms with Crippen LogP contribution in [0, 0.1) is 6.92 Å². The van der Waals surface area contributed by atoms with E-state index in [2.05, 4.69) is 0 Å². The summed E-state index contributed by atoms with van der Waals surface area (Å²) in [7, 11) is 1.56. The molecule has 42 heavy (non-hydrogen) atoms. The Morgan fingerprint density at radius 1 is 0.905 bits per heavy atom. The van der Waals surface area contributed by atoms with Crippen molar-refractivity contribution in [2.75, 3.05) is 25.2 Å². The van der Waals surface area contributed by atoms with Gasteiger partial charge >= 0.3 is 0 Å². The summed E-state index contributed by atoms with van der Waals surface area (Å²) in [6, 6.07) is 26.3. The lowest BCUT2D eigenvalue weighted by molar-refractivity contribution is -0.132. The van der Waals surface area contributed by atoms with E-state index in [0.717, 1.165) is 11.1 Å². The van der Waals surface area contributed by atoms with Gasteiger partial charge in [-0.3, -0.25) is 14.5 Å². The molecule has 8 nitrogen and oxygen atoms in total. The number of nitrogens with zero attached hydrogens (tertiary/aromatic N) is 1. The number of rotatable bonds is 7. The van der Waals surface area contributed by atoms with E-state index < -0.39 is 17.7 Å². The molecule has 0 bridgehead atoms. The summed E-state index contributed by atoms with van der Waals surface area (Å²) in [5, 5.41) is 11.6. The Morgan fingerprint density at radius 3 is 2.36 bits per heavy atom. The van der Waals surface area contributed by atoms with Gasteiger partial charge in [-0.25, -0.2) is 0 Å². The van der Waals surface area contributed by atoms with Gasteiger partial charge in [-0.2, -0.15) is 0 Å². The molecule has 212 valence electrons. The van der Waals surface area contributed by atoms with Crippen LogP contribution in [0.2, 0.25) is 0 Å². The minimum Gasteiger partial charge on any atom is -0.507 e. The van der Waals surface area contributed by atoms with E-state index in [1.165, 1.54) is 4.90 Å². The molecule has 0 aromatic heterocycles. The fraction of sp³-hybridized carbons (Fsp3) is 0.176. The average molecular weight is 564 g/mol. The van der Waals surface area contributed by atoms with E-state index in [-0.39, 0.29) is 11.3 Å². The molecule has 6 rings (SSSR count). The molecular weight excluding hydrogens is 534 g/mol. The maximum Gasteiger partial charge on any atom is 0.300 e. The standard InChI is InChI=1S/C34H29NO7/c1-21-18-24(10-14-27(21)42-20-22-6-4-3-5-7-22)32(36)30-31(23-8-12-26(39-2)13-9-23)35(34(38)33(30)37)25-11-15-28-29(19-25)41-17-16-40-28/h3-15,18-19,31,36H,16-17,20H2,1-2H3/b32-30+. The number of fused-ring (bicyclic) bond motifs is 1. The van der Waals surface area contributed by atoms with Crippen LogP contribution in [0.15, 0.2) is 96.6 Å². The highest BCUT2D eigenvalue weighted by molar-refractivity contribution is 6.51. The van der Waals surface area contributed by atoms with Gasteiger partial charge in [0.2, 0.25) is 0 Å². The highest BCUT2D eigenvalue weighted by Crippen LogP contribution is 2.45. The van der Waals surface area contributed by atoms with Crippen molar-refractivity contribution < 1.29 is 33.6 Å². The minimum absolute atomic E-state index is 0.0163. The Hall–Kier alpha value is -5.24. The molecule has 2 aliphatic rings. The molecule has 4 aromatic carbocycles. The summed E-state index contributed by atoms with van der Waals surface area (Å²) in [5.74, 6) is 0.504. The van der Waals surface area contributed by atoms with E-state index in [1.54, 1.807) is 67.8 Å². The first-order valence-electron chi connectivity index (χ1n) is 13.6. The highest BCUT2D eigenvalue weighted by Gasteiger charge is 2.47. The van der Waals surface area contributed by atoms with E-state index in [1.807, 2.05) is 37.3 Å². The number of ketones is 1. The lowest BCUT2D eigenvalue weighted by atomic mass is 9.94. The molecule has 0 aliphatic carbocycles. The minimum atomic E-state index is -0.896. The molecule has 0 spiro atoms. The van der Waals surface area contributed by atoms with Gasteiger partial charge < -0.3 is 24.1 Å². The molecule has 1 fully saturated rings. The molecule has 2 aliphatic heterocycles. The fourth-order valence-corrected chi connectivity index (χ4v) is 5.23. The van der Waals surface area contributed by atoms with Gasteiger partial charge in [0.05, 0.1) is 18.7 Å². The number of carbonyl (C=O) groups is 2. The fourth-order valence-electron chi connectivity index (χ4n) is 5.23. The number of aliphatic hydroxyl groups excluding tert-OH is 1. The van der Waals surface area contributed by atoms with Crippen LogP contribution in [0.5, 0.6) is 23.0 Å². The predicted octanol–water partition coefficient (Wildman–Crippen LogP) is 5.98. The van der Waals surface area contributed by atoms with Crippen molar-refractivity contribution in [3.63, 3.8) is 0 Å². The molecule has 4 aromatic rings. The zero-order chi connectivity index (χ0) is 29.2. The van der Waals surface area contributed by atoms with Gasteiger partial charge in [-0.15, -0.1) is 0 Å². The van der Waals surface area contributed by atoms with Gasteiger partial charge in [0, 0.05) is 17.3 Å². The van der Waals surface area contributed by atoms with Gasteiger partial charge in [-0.1, -0.05) is 42.5 Å². The second-order valence-electron chi connectivity index (χ2n) is 10.0. The number of anilines is 1. The van der Waals surface area contributed by atoms with Crippen molar-refractivity contribution in [2.45, 2.75) is 19.6 Å². The normalized spacial score (nSPS) is 17.3. The summed E-state index contributed by atoms with van der Waals surface area (Å²) < 4.78 is 22.7. The largest absolute Gasteiger partial charge is 0.507 e. The van der Waals surface area contributed by atoms with Crippen LogP contribution in [0.4, 0.5) is 5.69 Å². The SMILES string of the molecule is COc1ccc(C2/C(=C(\O)c3ccc(OCc4ccccc4)c(C)c3)C(=O)C(=O)N2c2ccc3c(c2)OCCO3)cc1. The first-order valence-corrected chi connectivity index (χ1v) is 13.6. The van der Waals surface area contributed by atoms with Crippen LogP contribution in [0.1, 0.15) is 28.3 Å². The summed E-state index contributed by atoms with van der Waals surface area (Å²) in [6.07, 6.45) is 0. The molecule has 1 N–H and O–H groups in total. The topological polar surface area (TPSA) is 94.5 Å². The van der Waals surface area contributed by atoms with E-state index in [4.69, 9.17) is 18.9 Å².